The van der Waals surface area contributed by atoms with Crippen LogP contribution in [0, 0.1) is 6.92 Å². The minimum Gasteiger partial charge on any atom is -0.442 e. The molecule has 8 heteroatoms. The second kappa shape index (κ2) is 9.26. The number of fused-ring (bicyclic) bond motifs is 1. The number of aryl methyl sites for hydroxylation is 2. The standard InChI is InChI=1S/C25H20ClN3O4/c1-15-12-13-17(14-20(15)26)27-23(30)22(16-8-4-3-5-9-16)33-25(32)21-18-10-6-7-11-19(18)24(31)29(2)28-21/h3-14,22H,1-2H3,(H,27,30)/t22-/m1/s1. The molecule has 0 aliphatic heterocycles. The third-order valence-corrected chi connectivity index (χ3v) is 5.56. The van der Waals surface area contributed by atoms with Gasteiger partial charge in [0.2, 0.25) is 6.10 Å². The van der Waals surface area contributed by atoms with Crippen LogP contribution >= 0.6 is 11.6 Å². The van der Waals surface area contributed by atoms with Gasteiger partial charge in [0.25, 0.3) is 11.5 Å². The molecular formula is C25H20ClN3O4. The number of esters is 1. The number of hydrogen-bond acceptors (Lipinski definition) is 5. The van der Waals surface area contributed by atoms with Crippen molar-refractivity contribution >= 4 is 39.9 Å². The number of halogens is 1. The number of nitrogens with one attached hydrogen (secondary N) is 1. The van der Waals surface area contributed by atoms with Crippen molar-refractivity contribution in [3.05, 3.63) is 105 Å². The zero-order chi connectivity index (χ0) is 23.5. The SMILES string of the molecule is Cc1ccc(NC(=O)[C@H](OC(=O)c2nn(C)c(=O)c3ccccc23)c2ccccc2)cc1Cl. The number of nitrogens with zero attached hydrogens (tertiary/aromatic N) is 2. The second-order valence-corrected chi connectivity index (χ2v) is 7.88. The lowest BCUT2D eigenvalue weighted by atomic mass is 10.1. The fraction of sp³-hybridized carbons (Fsp3) is 0.120. The zero-order valence-electron chi connectivity index (χ0n) is 17.9. The Kier molecular flexibility index (Phi) is 6.24. The van der Waals surface area contributed by atoms with Crippen LogP contribution in [0.25, 0.3) is 10.8 Å². The molecule has 0 aliphatic carbocycles. The first-order valence-electron chi connectivity index (χ1n) is 10.1. The van der Waals surface area contributed by atoms with Gasteiger partial charge < -0.3 is 10.1 Å². The molecule has 0 unspecified atom stereocenters. The van der Waals surface area contributed by atoms with E-state index >= 15 is 0 Å². The van der Waals surface area contributed by atoms with Gasteiger partial charge in [0.15, 0.2) is 5.69 Å². The average molecular weight is 462 g/mol. The van der Waals surface area contributed by atoms with Crippen molar-refractivity contribution < 1.29 is 14.3 Å². The van der Waals surface area contributed by atoms with E-state index in [0.29, 0.717) is 27.0 Å². The molecule has 1 N–H and O–H groups in total. The molecule has 0 fully saturated rings. The topological polar surface area (TPSA) is 90.3 Å². The molecule has 0 bridgehead atoms. The van der Waals surface area contributed by atoms with Gasteiger partial charge in [-0.25, -0.2) is 9.48 Å². The number of carbonyl (C=O) groups excluding carboxylic acids is 2. The molecule has 4 rings (SSSR count). The molecule has 0 saturated carbocycles. The van der Waals surface area contributed by atoms with Crippen molar-refractivity contribution in [2.45, 2.75) is 13.0 Å². The Bertz CT molecular complexity index is 1420. The van der Waals surface area contributed by atoms with Gasteiger partial charge in [-0.05, 0) is 30.7 Å². The number of ether oxygens (including phenoxy) is 1. The van der Waals surface area contributed by atoms with Crippen molar-refractivity contribution in [1.29, 1.82) is 0 Å². The molecule has 33 heavy (non-hydrogen) atoms. The summed E-state index contributed by atoms with van der Waals surface area (Å²) in [5.74, 6) is -1.38. The van der Waals surface area contributed by atoms with Crippen molar-refractivity contribution in [2.75, 3.05) is 5.32 Å². The van der Waals surface area contributed by atoms with E-state index in [2.05, 4.69) is 10.4 Å². The van der Waals surface area contributed by atoms with Gasteiger partial charge in [0.05, 0.1) is 5.39 Å². The predicted octanol–water partition coefficient (Wildman–Crippen LogP) is 4.43. The maximum absolute atomic E-state index is 13.2. The lowest BCUT2D eigenvalue weighted by Crippen LogP contribution is -2.28. The summed E-state index contributed by atoms with van der Waals surface area (Å²) in [6.45, 7) is 1.85. The molecule has 0 aliphatic rings. The minimum absolute atomic E-state index is 0.0557. The van der Waals surface area contributed by atoms with E-state index < -0.39 is 18.0 Å². The van der Waals surface area contributed by atoms with Crippen LogP contribution in [0.1, 0.15) is 27.7 Å². The van der Waals surface area contributed by atoms with Crippen LogP contribution in [-0.4, -0.2) is 21.7 Å². The summed E-state index contributed by atoms with van der Waals surface area (Å²) in [6, 6.07) is 20.4. The third-order valence-electron chi connectivity index (χ3n) is 5.15. The summed E-state index contributed by atoms with van der Waals surface area (Å²) < 4.78 is 6.73. The number of anilines is 1. The Morgan fingerprint density at radius 1 is 1.00 bits per heavy atom. The van der Waals surface area contributed by atoms with Gasteiger partial charge in [0, 0.05) is 28.7 Å². The first-order valence-corrected chi connectivity index (χ1v) is 10.5. The summed E-state index contributed by atoms with van der Waals surface area (Å²) in [4.78, 5) is 38.7. The highest BCUT2D eigenvalue weighted by Crippen LogP contribution is 2.25. The Hall–Kier alpha value is -3.97. The fourth-order valence-corrected chi connectivity index (χ4v) is 3.57. The number of carbonyl (C=O) groups is 2. The number of hydrogen-bond donors (Lipinski definition) is 1. The number of rotatable bonds is 5. The van der Waals surface area contributed by atoms with Gasteiger partial charge in [-0.2, -0.15) is 5.10 Å². The van der Waals surface area contributed by atoms with Crippen LogP contribution in [0.5, 0.6) is 0 Å². The summed E-state index contributed by atoms with van der Waals surface area (Å²) in [5.41, 5.74) is 1.43. The average Bonchev–Trinajstić information content (AvgIpc) is 2.82. The van der Waals surface area contributed by atoms with Crippen LogP contribution in [0.3, 0.4) is 0 Å². The molecule has 7 nitrogen and oxygen atoms in total. The van der Waals surface area contributed by atoms with Crippen molar-refractivity contribution in [2.24, 2.45) is 7.05 Å². The molecule has 4 aromatic rings. The smallest absolute Gasteiger partial charge is 0.360 e. The van der Waals surface area contributed by atoms with E-state index in [0.717, 1.165) is 10.2 Å². The monoisotopic (exact) mass is 461 g/mol. The summed E-state index contributed by atoms with van der Waals surface area (Å²) >= 11 is 6.17. The first-order chi connectivity index (χ1) is 15.8. The van der Waals surface area contributed by atoms with Gasteiger partial charge in [-0.15, -0.1) is 0 Å². The molecule has 3 aromatic carbocycles. The highest BCUT2D eigenvalue weighted by atomic mass is 35.5. The molecule has 166 valence electrons. The molecule has 0 spiro atoms. The first kappa shape index (κ1) is 22.2. The Balaban J connectivity index is 1.69. The van der Waals surface area contributed by atoms with Crippen LogP contribution in [0.15, 0.2) is 77.6 Å². The highest BCUT2D eigenvalue weighted by molar-refractivity contribution is 6.31. The van der Waals surface area contributed by atoms with Crippen LogP contribution in [-0.2, 0) is 16.6 Å². The number of amides is 1. The molecule has 0 saturated heterocycles. The molecule has 0 radical (unpaired) electrons. The maximum Gasteiger partial charge on any atom is 0.360 e. The Labute approximate surface area is 194 Å². The normalized spacial score (nSPS) is 11.7. The fourth-order valence-electron chi connectivity index (χ4n) is 3.39. The number of benzene rings is 3. The quantitative estimate of drug-likeness (QED) is 0.444. The van der Waals surface area contributed by atoms with Crippen molar-refractivity contribution in [1.82, 2.24) is 9.78 Å². The molecule has 1 aromatic heterocycles. The number of aromatic nitrogens is 2. The second-order valence-electron chi connectivity index (χ2n) is 7.47. The molecule has 1 amide bonds. The van der Waals surface area contributed by atoms with Gasteiger partial charge in [-0.3, -0.25) is 9.59 Å². The van der Waals surface area contributed by atoms with E-state index in [4.69, 9.17) is 16.3 Å². The van der Waals surface area contributed by atoms with Gasteiger partial charge >= 0.3 is 5.97 Å². The maximum atomic E-state index is 13.2. The lowest BCUT2D eigenvalue weighted by Gasteiger charge is -2.19. The summed E-state index contributed by atoms with van der Waals surface area (Å²) in [6.07, 6.45) is -1.25. The highest BCUT2D eigenvalue weighted by Gasteiger charge is 2.28. The van der Waals surface area contributed by atoms with Crippen LogP contribution in [0.4, 0.5) is 5.69 Å². The summed E-state index contributed by atoms with van der Waals surface area (Å²) in [5, 5.41) is 8.02. The Morgan fingerprint density at radius 3 is 2.36 bits per heavy atom. The van der Waals surface area contributed by atoms with E-state index in [-0.39, 0.29) is 11.3 Å². The molecule has 1 heterocycles. The Morgan fingerprint density at radius 2 is 1.67 bits per heavy atom. The van der Waals surface area contributed by atoms with Crippen molar-refractivity contribution in [3.63, 3.8) is 0 Å². The zero-order valence-corrected chi connectivity index (χ0v) is 18.7. The van der Waals surface area contributed by atoms with Crippen molar-refractivity contribution in [3.8, 4) is 0 Å². The molecule has 1 atom stereocenters. The van der Waals surface area contributed by atoms with Gasteiger partial charge in [-0.1, -0.05) is 66.2 Å². The van der Waals surface area contributed by atoms with E-state index in [1.165, 1.54) is 7.05 Å². The predicted molar refractivity (Wildman–Crippen MR) is 126 cm³/mol. The molecular weight excluding hydrogens is 442 g/mol. The van der Waals surface area contributed by atoms with E-state index in [1.54, 1.807) is 72.8 Å². The van der Waals surface area contributed by atoms with Crippen LogP contribution < -0.4 is 10.9 Å². The third kappa shape index (κ3) is 4.63. The van der Waals surface area contributed by atoms with E-state index in [9.17, 15) is 14.4 Å². The minimum atomic E-state index is -1.25. The lowest BCUT2D eigenvalue weighted by molar-refractivity contribution is -0.125. The van der Waals surface area contributed by atoms with E-state index in [1.807, 2.05) is 6.92 Å². The van der Waals surface area contributed by atoms with Gasteiger partial charge in [0.1, 0.15) is 0 Å². The largest absolute Gasteiger partial charge is 0.442 e. The van der Waals surface area contributed by atoms with Crippen LogP contribution in [0.2, 0.25) is 5.02 Å². The summed E-state index contributed by atoms with van der Waals surface area (Å²) in [7, 11) is 1.45.